The van der Waals surface area contributed by atoms with Gasteiger partial charge < -0.3 is 15.1 Å². The fraction of sp³-hybridized carbons (Fsp3) is 0.472. The van der Waals surface area contributed by atoms with E-state index in [-0.39, 0.29) is 18.3 Å². The number of amides is 1. The quantitative estimate of drug-likeness (QED) is 0.317. The number of nitrogens with zero attached hydrogens (tertiary/aromatic N) is 3. The van der Waals surface area contributed by atoms with E-state index in [1.165, 1.54) is 36.8 Å². The Kier molecular flexibility index (Phi) is 10.3. The molecule has 2 aliphatic heterocycles. The molecule has 1 amide bonds. The average Bonchev–Trinajstić information content (AvgIpc) is 3.34. The number of hydrogen-bond donors (Lipinski definition) is 1. The minimum absolute atomic E-state index is 0. The molecular formula is C36H47ClN4O. The molecule has 1 spiro atoms. The number of anilines is 1. The van der Waals surface area contributed by atoms with Gasteiger partial charge in [0, 0.05) is 31.4 Å². The van der Waals surface area contributed by atoms with Gasteiger partial charge in [0.1, 0.15) is 5.54 Å². The zero-order valence-electron chi connectivity index (χ0n) is 25.0. The van der Waals surface area contributed by atoms with Crippen molar-refractivity contribution in [3.63, 3.8) is 0 Å². The molecular weight excluding hydrogens is 540 g/mol. The molecule has 3 aromatic rings. The summed E-state index contributed by atoms with van der Waals surface area (Å²) in [4.78, 5) is 21.0. The summed E-state index contributed by atoms with van der Waals surface area (Å²) in [5, 5.41) is 3.18. The van der Waals surface area contributed by atoms with Crippen LogP contribution in [-0.2, 0) is 11.2 Å². The van der Waals surface area contributed by atoms with Crippen LogP contribution in [0, 0.1) is 5.92 Å². The van der Waals surface area contributed by atoms with Crippen LogP contribution in [0.2, 0.25) is 0 Å². The van der Waals surface area contributed by atoms with Crippen molar-refractivity contribution in [1.82, 2.24) is 15.1 Å². The van der Waals surface area contributed by atoms with Crippen molar-refractivity contribution in [2.75, 3.05) is 44.8 Å². The van der Waals surface area contributed by atoms with E-state index in [1.54, 1.807) is 0 Å². The SMILES string of the molecule is CN(CCCc1ccccc1)CC1CCC(c2ccccc2)CC1N1CCC2(CC1)C(=O)NCN2c1ccccc1.Cl. The fourth-order valence-corrected chi connectivity index (χ4v) is 7.85. The first kappa shape index (κ1) is 30.6. The van der Waals surface area contributed by atoms with Gasteiger partial charge in [-0.1, -0.05) is 78.9 Å². The summed E-state index contributed by atoms with van der Waals surface area (Å²) >= 11 is 0. The smallest absolute Gasteiger partial charge is 0.247 e. The number of para-hydroxylation sites is 1. The monoisotopic (exact) mass is 586 g/mol. The fourth-order valence-electron chi connectivity index (χ4n) is 7.85. The molecule has 3 aromatic carbocycles. The highest BCUT2D eigenvalue weighted by atomic mass is 35.5. The van der Waals surface area contributed by atoms with Crippen LogP contribution in [0.25, 0.3) is 0 Å². The van der Waals surface area contributed by atoms with Crippen LogP contribution in [0.4, 0.5) is 5.69 Å². The van der Waals surface area contributed by atoms with E-state index in [9.17, 15) is 4.79 Å². The van der Waals surface area contributed by atoms with E-state index in [0.29, 0.717) is 24.5 Å². The number of carbonyl (C=O) groups excluding carboxylic acids is 1. The van der Waals surface area contributed by atoms with Crippen LogP contribution >= 0.6 is 12.4 Å². The van der Waals surface area contributed by atoms with Gasteiger partial charge in [-0.2, -0.15) is 0 Å². The maximum atomic E-state index is 13.3. The van der Waals surface area contributed by atoms with Crippen LogP contribution < -0.4 is 10.2 Å². The Balaban J connectivity index is 0.00000353. The summed E-state index contributed by atoms with van der Waals surface area (Å²) < 4.78 is 0. The lowest BCUT2D eigenvalue weighted by molar-refractivity contribution is -0.125. The molecule has 2 saturated heterocycles. The van der Waals surface area contributed by atoms with E-state index in [2.05, 4.69) is 118 Å². The maximum Gasteiger partial charge on any atom is 0.247 e. The van der Waals surface area contributed by atoms with Crippen molar-refractivity contribution in [2.24, 2.45) is 5.92 Å². The topological polar surface area (TPSA) is 38.8 Å². The molecule has 42 heavy (non-hydrogen) atoms. The Morgan fingerprint density at radius 1 is 0.881 bits per heavy atom. The van der Waals surface area contributed by atoms with Crippen molar-refractivity contribution in [3.05, 3.63) is 102 Å². The summed E-state index contributed by atoms with van der Waals surface area (Å²) in [5.41, 5.74) is 3.65. The first-order chi connectivity index (χ1) is 20.1. The first-order valence-corrected chi connectivity index (χ1v) is 15.7. The summed E-state index contributed by atoms with van der Waals surface area (Å²) in [6.07, 6.45) is 7.87. The number of hydrogen-bond acceptors (Lipinski definition) is 4. The number of benzene rings is 3. The van der Waals surface area contributed by atoms with Crippen LogP contribution in [0.15, 0.2) is 91.0 Å². The van der Waals surface area contributed by atoms with Gasteiger partial charge in [-0.15, -0.1) is 12.4 Å². The van der Waals surface area contributed by atoms with E-state index in [1.807, 2.05) is 0 Å². The lowest BCUT2D eigenvalue weighted by Crippen LogP contribution is -2.59. The molecule has 0 aromatic heterocycles. The van der Waals surface area contributed by atoms with Gasteiger partial charge in [0.05, 0.1) is 6.67 Å². The number of aryl methyl sites for hydroxylation is 1. The summed E-state index contributed by atoms with van der Waals surface area (Å²) in [7, 11) is 2.32. The molecule has 5 nitrogen and oxygen atoms in total. The molecule has 6 rings (SSSR count). The molecule has 3 aliphatic rings. The van der Waals surface area contributed by atoms with Gasteiger partial charge in [0.15, 0.2) is 0 Å². The molecule has 6 heteroatoms. The second-order valence-electron chi connectivity index (χ2n) is 12.6. The highest BCUT2D eigenvalue weighted by molar-refractivity contribution is 5.93. The summed E-state index contributed by atoms with van der Waals surface area (Å²) in [5.74, 6) is 1.49. The Morgan fingerprint density at radius 2 is 1.52 bits per heavy atom. The number of carbonyl (C=O) groups is 1. The molecule has 2 heterocycles. The minimum Gasteiger partial charge on any atom is -0.339 e. The third-order valence-corrected chi connectivity index (χ3v) is 10.1. The highest BCUT2D eigenvalue weighted by Crippen LogP contribution is 2.42. The summed E-state index contributed by atoms with van der Waals surface area (Å²) in [6, 6.07) is 33.1. The van der Waals surface area contributed by atoms with Gasteiger partial charge in [-0.05, 0) is 93.6 Å². The van der Waals surface area contributed by atoms with Crippen LogP contribution in [0.1, 0.15) is 55.6 Å². The standard InChI is InChI=1S/C36H46N4O.ClH/c1-38(23-11-14-29-12-5-2-6-13-29)27-32-20-19-31(30-15-7-3-8-16-30)26-34(32)39-24-21-36(22-25-39)35(41)37-28-40(36)33-17-9-4-10-18-33;/h2-10,12-13,15-18,31-32,34H,11,14,19-28H2,1H3,(H,37,41);1H. The molecule has 224 valence electrons. The molecule has 3 fully saturated rings. The maximum absolute atomic E-state index is 13.3. The van der Waals surface area contributed by atoms with E-state index >= 15 is 0 Å². The molecule has 3 atom stereocenters. The van der Waals surface area contributed by atoms with Crippen LogP contribution in [0.5, 0.6) is 0 Å². The van der Waals surface area contributed by atoms with Crippen molar-refractivity contribution in [1.29, 1.82) is 0 Å². The summed E-state index contributed by atoms with van der Waals surface area (Å²) in [6.45, 7) is 4.86. The van der Waals surface area contributed by atoms with Crippen LogP contribution in [-0.4, -0.2) is 67.2 Å². The molecule has 1 N–H and O–H groups in total. The molecule has 3 unspecified atom stereocenters. The second-order valence-corrected chi connectivity index (χ2v) is 12.6. The predicted octanol–water partition coefficient (Wildman–Crippen LogP) is 6.35. The van der Waals surface area contributed by atoms with E-state index in [0.717, 1.165) is 51.1 Å². The number of rotatable bonds is 9. The van der Waals surface area contributed by atoms with Gasteiger partial charge >= 0.3 is 0 Å². The lowest BCUT2D eigenvalue weighted by Gasteiger charge is -2.49. The van der Waals surface area contributed by atoms with E-state index < -0.39 is 5.54 Å². The number of nitrogens with one attached hydrogen (secondary N) is 1. The van der Waals surface area contributed by atoms with Crippen molar-refractivity contribution in [2.45, 2.75) is 62.4 Å². The molecule has 1 saturated carbocycles. The van der Waals surface area contributed by atoms with Gasteiger partial charge in [0.2, 0.25) is 5.91 Å². The van der Waals surface area contributed by atoms with Gasteiger partial charge in [-0.3, -0.25) is 9.69 Å². The first-order valence-electron chi connectivity index (χ1n) is 15.7. The van der Waals surface area contributed by atoms with Crippen molar-refractivity contribution < 1.29 is 4.79 Å². The van der Waals surface area contributed by atoms with Crippen molar-refractivity contribution >= 4 is 24.0 Å². The number of halogens is 1. The average molecular weight is 587 g/mol. The Morgan fingerprint density at radius 3 is 2.21 bits per heavy atom. The van der Waals surface area contributed by atoms with Crippen molar-refractivity contribution in [3.8, 4) is 0 Å². The van der Waals surface area contributed by atoms with E-state index in [4.69, 9.17) is 0 Å². The zero-order valence-corrected chi connectivity index (χ0v) is 25.9. The predicted molar refractivity (Wildman–Crippen MR) is 175 cm³/mol. The zero-order chi connectivity index (χ0) is 28.1. The Bertz CT molecular complexity index is 1250. The second kappa shape index (κ2) is 14.1. The van der Waals surface area contributed by atoms with Gasteiger partial charge in [0.25, 0.3) is 0 Å². The molecule has 1 aliphatic carbocycles. The third-order valence-electron chi connectivity index (χ3n) is 10.1. The largest absolute Gasteiger partial charge is 0.339 e. The number of piperidine rings is 1. The third kappa shape index (κ3) is 6.69. The van der Waals surface area contributed by atoms with Crippen LogP contribution in [0.3, 0.4) is 0 Å². The Hall–Kier alpha value is -2.86. The number of likely N-dealkylation sites (tertiary alicyclic amines) is 1. The minimum atomic E-state index is -0.422. The normalized spacial score (nSPS) is 24.0. The molecule has 0 bridgehead atoms. The van der Waals surface area contributed by atoms with Gasteiger partial charge in [-0.25, -0.2) is 0 Å². The Labute approximate surface area is 258 Å². The molecule has 0 radical (unpaired) electrons. The lowest BCUT2D eigenvalue weighted by atomic mass is 9.73. The highest BCUT2D eigenvalue weighted by Gasteiger charge is 2.51.